The van der Waals surface area contributed by atoms with Crippen molar-refractivity contribution in [3.63, 3.8) is 0 Å². The van der Waals surface area contributed by atoms with Crippen LogP contribution in [0.4, 0.5) is 10.1 Å². The van der Waals surface area contributed by atoms with Crippen molar-refractivity contribution >= 4 is 33.1 Å². The molecule has 7 heteroatoms. The molecule has 0 saturated heterocycles. The minimum atomic E-state index is -0.293. The number of nitrogens with zero attached hydrogens (tertiary/aromatic N) is 3. The first-order valence-corrected chi connectivity index (χ1v) is 10.6. The van der Waals surface area contributed by atoms with E-state index < -0.39 is 0 Å². The van der Waals surface area contributed by atoms with Gasteiger partial charge in [-0.2, -0.15) is 0 Å². The topological polar surface area (TPSA) is 55.3 Å². The van der Waals surface area contributed by atoms with Crippen molar-refractivity contribution < 1.29 is 13.9 Å². The molecule has 5 nitrogen and oxygen atoms in total. The normalized spacial score (nSPS) is 13.3. The van der Waals surface area contributed by atoms with Crippen LogP contribution in [0.25, 0.3) is 21.3 Å². The van der Waals surface area contributed by atoms with Gasteiger partial charge < -0.3 is 9.64 Å². The van der Waals surface area contributed by atoms with E-state index in [1.54, 1.807) is 17.0 Å². The molecular formula is C23H18FN3O2S. The predicted octanol–water partition coefficient (Wildman–Crippen LogP) is 4.86. The fraction of sp³-hybridized carbons (Fsp3) is 0.174. The smallest absolute Gasteiger partial charge is 0.264 e. The summed E-state index contributed by atoms with van der Waals surface area (Å²) in [4.78, 5) is 24.0. The molecule has 0 N–H and O–H groups in total. The Labute approximate surface area is 176 Å². The number of benzene rings is 2. The molecule has 0 spiro atoms. The van der Waals surface area contributed by atoms with E-state index in [4.69, 9.17) is 4.74 Å². The van der Waals surface area contributed by atoms with E-state index in [9.17, 15) is 9.18 Å². The Hall–Kier alpha value is -3.32. The molecule has 0 atom stereocenters. The van der Waals surface area contributed by atoms with Gasteiger partial charge in [-0.25, -0.2) is 14.4 Å². The number of hydrogen-bond acceptors (Lipinski definition) is 5. The molecule has 1 aliphatic rings. The largest absolute Gasteiger partial charge is 0.467 e. The zero-order chi connectivity index (χ0) is 20.5. The number of carbonyl (C=O) groups is 1. The highest BCUT2D eigenvalue weighted by molar-refractivity contribution is 7.17. The molecule has 4 aromatic rings. The number of carbonyl (C=O) groups excluding carboxylic acids is 1. The van der Waals surface area contributed by atoms with Crippen molar-refractivity contribution in [1.29, 1.82) is 0 Å². The highest BCUT2D eigenvalue weighted by Crippen LogP contribution is 2.37. The first-order chi connectivity index (χ1) is 14.7. The Morgan fingerprint density at radius 3 is 2.83 bits per heavy atom. The number of anilines is 1. The molecule has 0 radical (unpaired) electrons. The summed E-state index contributed by atoms with van der Waals surface area (Å²) in [5.74, 6) is -0.0369. The van der Waals surface area contributed by atoms with E-state index in [1.807, 2.05) is 23.6 Å². The lowest BCUT2D eigenvalue weighted by atomic mass is 10.0. The van der Waals surface area contributed by atoms with Crippen LogP contribution < -0.4 is 9.64 Å². The van der Waals surface area contributed by atoms with Crippen LogP contribution in [-0.2, 0) is 11.2 Å². The lowest BCUT2D eigenvalue weighted by Gasteiger charge is -2.29. The van der Waals surface area contributed by atoms with Gasteiger partial charge in [-0.15, -0.1) is 11.3 Å². The van der Waals surface area contributed by atoms with Crippen LogP contribution in [0, 0.1) is 5.82 Å². The lowest BCUT2D eigenvalue weighted by molar-refractivity contribution is -0.120. The van der Waals surface area contributed by atoms with E-state index in [2.05, 4.69) is 16.0 Å². The Morgan fingerprint density at radius 1 is 1.13 bits per heavy atom. The van der Waals surface area contributed by atoms with E-state index in [0.29, 0.717) is 12.4 Å². The van der Waals surface area contributed by atoms with Crippen molar-refractivity contribution in [2.75, 3.05) is 18.1 Å². The molecular weight excluding hydrogens is 401 g/mol. The molecule has 0 fully saturated rings. The molecule has 150 valence electrons. The monoisotopic (exact) mass is 419 g/mol. The highest BCUT2D eigenvalue weighted by atomic mass is 32.1. The molecule has 1 amide bonds. The van der Waals surface area contributed by atoms with E-state index >= 15 is 0 Å². The van der Waals surface area contributed by atoms with Crippen LogP contribution >= 0.6 is 11.3 Å². The first-order valence-electron chi connectivity index (χ1n) is 9.70. The van der Waals surface area contributed by atoms with Crippen molar-refractivity contribution in [3.8, 4) is 17.0 Å². The molecule has 5 rings (SSSR count). The van der Waals surface area contributed by atoms with Crippen molar-refractivity contribution in [2.45, 2.75) is 12.8 Å². The Bertz CT molecular complexity index is 1220. The van der Waals surface area contributed by atoms with Crippen LogP contribution in [0.15, 0.2) is 60.2 Å². The zero-order valence-corrected chi connectivity index (χ0v) is 16.9. The molecule has 3 heterocycles. The summed E-state index contributed by atoms with van der Waals surface area (Å²) in [6.07, 6.45) is 3.34. The fourth-order valence-corrected chi connectivity index (χ4v) is 4.71. The molecule has 1 aliphatic heterocycles. The van der Waals surface area contributed by atoms with E-state index in [-0.39, 0.29) is 18.3 Å². The van der Waals surface area contributed by atoms with Crippen LogP contribution in [0.1, 0.15) is 12.0 Å². The maximum Gasteiger partial charge on any atom is 0.264 e. The number of ether oxygens (including phenoxy) is 1. The van der Waals surface area contributed by atoms with Crippen molar-refractivity contribution in [1.82, 2.24) is 9.97 Å². The number of halogens is 1. The third kappa shape index (κ3) is 3.41. The number of amides is 1. The van der Waals surface area contributed by atoms with Crippen LogP contribution in [-0.4, -0.2) is 29.0 Å². The van der Waals surface area contributed by atoms with Gasteiger partial charge in [-0.05, 0) is 42.2 Å². The highest BCUT2D eigenvalue weighted by Gasteiger charge is 2.23. The summed E-state index contributed by atoms with van der Waals surface area (Å²) in [6, 6.07) is 14.2. The number of fused-ring (bicyclic) bond motifs is 2. The molecule has 2 aromatic carbocycles. The molecule has 0 bridgehead atoms. The molecule has 30 heavy (non-hydrogen) atoms. The van der Waals surface area contributed by atoms with Gasteiger partial charge in [0.05, 0.1) is 5.39 Å². The average molecular weight is 419 g/mol. The van der Waals surface area contributed by atoms with Gasteiger partial charge in [0, 0.05) is 23.2 Å². The first kappa shape index (κ1) is 18.7. The average Bonchev–Trinajstić information content (AvgIpc) is 3.22. The van der Waals surface area contributed by atoms with Gasteiger partial charge in [-0.3, -0.25) is 4.79 Å². The van der Waals surface area contributed by atoms with E-state index in [0.717, 1.165) is 39.9 Å². The lowest BCUT2D eigenvalue weighted by Crippen LogP contribution is -2.38. The third-order valence-electron chi connectivity index (χ3n) is 5.23. The molecule has 0 unspecified atom stereocenters. The minimum absolute atomic E-state index is 0.104. The SMILES string of the molecule is O=C(COc1ncnc2scc(-c3ccc(F)cc3)c12)N1CCCc2ccccc21. The maximum atomic E-state index is 13.3. The summed E-state index contributed by atoms with van der Waals surface area (Å²) in [5.41, 5.74) is 3.84. The van der Waals surface area contributed by atoms with Crippen molar-refractivity contribution in [3.05, 3.63) is 71.6 Å². The summed E-state index contributed by atoms with van der Waals surface area (Å²) < 4.78 is 19.2. The zero-order valence-electron chi connectivity index (χ0n) is 16.0. The fourth-order valence-electron chi connectivity index (χ4n) is 3.80. The quantitative estimate of drug-likeness (QED) is 0.474. The number of aromatic nitrogens is 2. The molecule has 0 saturated carbocycles. The number of aryl methyl sites for hydroxylation is 1. The van der Waals surface area contributed by atoms with Crippen LogP contribution in [0.5, 0.6) is 5.88 Å². The predicted molar refractivity (Wildman–Crippen MR) is 115 cm³/mol. The van der Waals surface area contributed by atoms with Gasteiger partial charge in [0.25, 0.3) is 5.91 Å². The third-order valence-corrected chi connectivity index (χ3v) is 6.12. The number of para-hydroxylation sites is 1. The second kappa shape index (κ2) is 7.84. The van der Waals surface area contributed by atoms with Crippen LogP contribution in [0.2, 0.25) is 0 Å². The van der Waals surface area contributed by atoms with Gasteiger partial charge in [0.2, 0.25) is 5.88 Å². The summed E-state index contributed by atoms with van der Waals surface area (Å²) >= 11 is 1.46. The molecule has 2 aromatic heterocycles. The second-order valence-electron chi connectivity index (χ2n) is 7.08. The Morgan fingerprint density at radius 2 is 1.97 bits per heavy atom. The van der Waals surface area contributed by atoms with E-state index in [1.165, 1.54) is 35.4 Å². The second-order valence-corrected chi connectivity index (χ2v) is 7.94. The number of thiophene rings is 1. The van der Waals surface area contributed by atoms with Gasteiger partial charge in [0.15, 0.2) is 6.61 Å². The van der Waals surface area contributed by atoms with Crippen LogP contribution in [0.3, 0.4) is 0 Å². The standard InChI is InChI=1S/C23H18FN3O2S/c24-17-9-7-15(8-10-17)18-13-30-23-21(18)22(25-14-26-23)29-12-20(28)27-11-3-5-16-4-1-2-6-19(16)27/h1-2,4,6-10,13-14H,3,5,11-12H2. The minimum Gasteiger partial charge on any atom is -0.467 e. The van der Waals surface area contributed by atoms with Gasteiger partial charge in [0.1, 0.15) is 17.0 Å². The number of hydrogen-bond donors (Lipinski definition) is 0. The van der Waals surface area contributed by atoms with Gasteiger partial charge in [-0.1, -0.05) is 30.3 Å². The summed E-state index contributed by atoms with van der Waals surface area (Å²) in [7, 11) is 0. The van der Waals surface area contributed by atoms with Gasteiger partial charge >= 0.3 is 0 Å². The molecule has 0 aliphatic carbocycles. The van der Waals surface area contributed by atoms with Crippen molar-refractivity contribution in [2.24, 2.45) is 0 Å². The summed E-state index contributed by atoms with van der Waals surface area (Å²) in [6.45, 7) is 0.566. The Kier molecular flexibility index (Phi) is 4.88. The Balaban J connectivity index is 1.42. The number of rotatable bonds is 4. The summed E-state index contributed by atoms with van der Waals surface area (Å²) in [5, 5.41) is 2.68. The maximum absolute atomic E-state index is 13.3.